The Morgan fingerprint density at radius 2 is 2.09 bits per heavy atom. The zero-order chi connectivity index (χ0) is 8.69. The van der Waals surface area contributed by atoms with Gasteiger partial charge in [-0.2, -0.15) is 0 Å². The van der Waals surface area contributed by atoms with E-state index in [2.05, 4.69) is 11.7 Å². The molecule has 0 aromatic rings. The predicted octanol–water partition coefficient (Wildman–Crippen LogP) is 2.30. The van der Waals surface area contributed by atoms with E-state index < -0.39 is 0 Å². The van der Waals surface area contributed by atoms with Crippen molar-refractivity contribution in [3.63, 3.8) is 0 Å². The summed E-state index contributed by atoms with van der Waals surface area (Å²) in [6.07, 6.45) is 4.73. The summed E-state index contributed by atoms with van der Waals surface area (Å²) in [6, 6.07) is 0. The van der Waals surface area contributed by atoms with Crippen LogP contribution in [0.2, 0.25) is 0 Å². The minimum Gasteiger partial charge on any atom is -0.466 e. The molecule has 0 aliphatic rings. The number of esters is 1. The number of hydrogen-bond donors (Lipinski definition) is 0. The number of rotatable bonds is 4. The van der Waals surface area contributed by atoms with Crippen LogP contribution in [0.25, 0.3) is 0 Å². The molecule has 0 radical (unpaired) electrons. The summed E-state index contributed by atoms with van der Waals surface area (Å²) in [6.45, 7) is 4.04. The number of carbonyl (C=O) groups is 1. The van der Waals surface area contributed by atoms with E-state index in [1.807, 2.05) is 13.0 Å². The number of ether oxygens (including phenoxy) is 1. The molecule has 0 saturated carbocycles. The zero-order valence-electron chi connectivity index (χ0n) is 7.52. The van der Waals surface area contributed by atoms with Crippen molar-refractivity contribution in [1.82, 2.24) is 0 Å². The molecule has 0 fully saturated rings. The van der Waals surface area contributed by atoms with Gasteiger partial charge in [0.15, 0.2) is 0 Å². The summed E-state index contributed by atoms with van der Waals surface area (Å²) in [4.78, 5) is 11.0. The molecule has 0 N–H and O–H groups in total. The van der Waals surface area contributed by atoms with Crippen molar-refractivity contribution in [3.05, 3.63) is 11.6 Å². The van der Waals surface area contributed by atoms with Gasteiger partial charge in [-0.15, -0.1) is 0 Å². The first-order chi connectivity index (χ1) is 5.26. The second-order valence-electron chi connectivity index (χ2n) is 2.36. The van der Waals surface area contributed by atoms with Crippen molar-refractivity contribution in [1.29, 1.82) is 0 Å². The van der Waals surface area contributed by atoms with E-state index in [1.54, 1.807) is 0 Å². The molecule has 0 aliphatic carbocycles. The highest BCUT2D eigenvalue weighted by molar-refractivity contribution is 5.88. The standard InChI is InChI=1S/C9H16O2/c1-4-6-7-8(5-2)9(10)11-3/h7H,4-6H2,1-3H3. The normalized spacial score (nSPS) is 11.4. The number of allylic oxidation sites excluding steroid dienone is 1. The minimum absolute atomic E-state index is 0.194. The molecule has 2 nitrogen and oxygen atoms in total. The molecule has 2 heteroatoms. The largest absolute Gasteiger partial charge is 0.466 e. The van der Waals surface area contributed by atoms with Crippen molar-refractivity contribution < 1.29 is 9.53 Å². The van der Waals surface area contributed by atoms with Crippen LogP contribution in [0.3, 0.4) is 0 Å². The van der Waals surface area contributed by atoms with Crippen LogP contribution in [-0.2, 0) is 9.53 Å². The van der Waals surface area contributed by atoms with E-state index in [9.17, 15) is 4.79 Å². The first-order valence-corrected chi connectivity index (χ1v) is 4.03. The maximum atomic E-state index is 11.0. The predicted molar refractivity (Wildman–Crippen MR) is 45.3 cm³/mol. The smallest absolute Gasteiger partial charge is 0.333 e. The molecule has 0 aromatic carbocycles. The van der Waals surface area contributed by atoms with Gasteiger partial charge in [-0.25, -0.2) is 4.79 Å². The van der Waals surface area contributed by atoms with Gasteiger partial charge in [-0.1, -0.05) is 26.3 Å². The molecule has 0 spiro atoms. The lowest BCUT2D eigenvalue weighted by Gasteiger charge is -2.00. The molecule has 0 unspecified atom stereocenters. The lowest BCUT2D eigenvalue weighted by Crippen LogP contribution is -2.03. The van der Waals surface area contributed by atoms with Crippen LogP contribution < -0.4 is 0 Å². The van der Waals surface area contributed by atoms with Gasteiger partial charge in [0, 0.05) is 5.57 Å². The topological polar surface area (TPSA) is 26.3 Å². The molecule has 0 aromatic heterocycles. The average molecular weight is 156 g/mol. The number of methoxy groups -OCH3 is 1. The molecule has 11 heavy (non-hydrogen) atoms. The van der Waals surface area contributed by atoms with Crippen molar-refractivity contribution in [3.8, 4) is 0 Å². The van der Waals surface area contributed by atoms with Crippen LogP contribution in [0.1, 0.15) is 33.1 Å². The summed E-state index contributed by atoms with van der Waals surface area (Å²) in [5.41, 5.74) is 0.786. The number of hydrogen-bond acceptors (Lipinski definition) is 2. The lowest BCUT2D eigenvalue weighted by molar-refractivity contribution is -0.136. The number of unbranched alkanes of at least 4 members (excludes halogenated alkanes) is 1. The molecular weight excluding hydrogens is 140 g/mol. The van der Waals surface area contributed by atoms with Crippen molar-refractivity contribution in [2.24, 2.45) is 0 Å². The van der Waals surface area contributed by atoms with Gasteiger partial charge in [0.2, 0.25) is 0 Å². The van der Waals surface area contributed by atoms with Crippen LogP contribution in [0.4, 0.5) is 0 Å². The zero-order valence-corrected chi connectivity index (χ0v) is 7.52. The maximum Gasteiger partial charge on any atom is 0.333 e. The fourth-order valence-corrected chi connectivity index (χ4v) is 0.822. The lowest BCUT2D eigenvalue weighted by atomic mass is 10.1. The summed E-state index contributed by atoms with van der Waals surface area (Å²) in [5, 5.41) is 0. The molecule has 0 amide bonds. The van der Waals surface area contributed by atoms with Crippen LogP contribution in [0.15, 0.2) is 11.6 Å². The first-order valence-electron chi connectivity index (χ1n) is 4.03. The fraction of sp³-hybridized carbons (Fsp3) is 0.667. The summed E-state index contributed by atoms with van der Waals surface area (Å²) >= 11 is 0. The van der Waals surface area contributed by atoms with E-state index >= 15 is 0 Å². The van der Waals surface area contributed by atoms with E-state index in [0.29, 0.717) is 0 Å². The highest BCUT2D eigenvalue weighted by atomic mass is 16.5. The number of carbonyl (C=O) groups excluding carboxylic acids is 1. The monoisotopic (exact) mass is 156 g/mol. The fourth-order valence-electron chi connectivity index (χ4n) is 0.822. The maximum absolute atomic E-state index is 11.0. The van der Waals surface area contributed by atoms with Crippen LogP contribution in [-0.4, -0.2) is 13.1 Å². The van der Waals surface area contributed by atoms with Crippen molar-refractivity contribution in [2.45, 2.75) is 33.1 Å². The highest BCUT2D eigenvalue weighted by Gasteiger charge is 2.04. The first kappa shape index (κ1) is 10.2. The highest BCUT2D eigenvalue weighted by Crippen LogP contribution is 2.05. The van der Waals surface area contributed by atoms with Gasteiger partial charge in [-0.05, 0) is 12.8 Å². The van der Waals surface area contributed by atoms with Gasteiger partial charge in [0.05, 0.1) is 7.11 Å². The van der Waals surface area contributed by atoms with Crippen LogP contribution in [0.5, 0.6) is 0 Å². The molecule has 0 heterocycles. The molecule has 0 bridgehead atoms. The second-order valence-corrected chi connectivity index (χ2v) is 2.36. The third-order valence-electron chi connectivity index (χ3n) is 1.51. The van der Waals surface area contributed by atoms with E-state index in [4.69, 9.17) is 0 Å². The van der Waals surface area contributed by atoms with Gasteiger partial charge in [-0.3, -0.25) is 0 Å². The third kappa shape index (κ3) is 3.81. The third-order valence-corrected chi connectivity index (χ3v) is 1.51. The Balaban J connectivity index is 4.03. The van der Waals surface area contributed by atoms with Gasteiger partial charge in [0.1, 0.15) is 0 Å². The van der Waals surface area contributed by atoms with Crippen molar-refractivity contribution in [2.75, 3.05) is 7.11 Å². The average Bonchev–Trinajstić information content (AvgIpc) is 2.05. The van der Waals surface area contributed by atoms with E-state index in [1.165, 1.54) is 7.11 Å². The summed E-state index contributed by atoms with van der Waals surface area (Å²) < 4.78 is 4.59. The van der Waals surface area contributed by atoms with Gasteiger partial charge in [0.25, 0.3) is 0 Å². The van der Waals surface area contributed by atoms with Crippen molar-refractivity contribution >= 4 is 5.97 Å². The summed E-state index contributed by atoms with van der Waals surface area (Å²) in [5.74, 6) is -0.194. The Hall–Kier alpha value is -0.790. The quantitative estimate of drug-likeness (QED) is 0.461. The minimum atomic E-state index is -0.194. The molecule has 0 aliphatic heterocycles. The van der Waals surface area contributed by atoms with Gasteiger partial charge < -0.3 is 4.74 Å². The summed E-state index contributed by atoms with van der Waals surface area (Å²) in [7, 11) is 1.41. The van der Waals surface area contributed by atoms with E-state index in [0.717, 1.165) is 24.8 Å². The van der Waals surface area contributed by atoms with Crippen LogP contribution in [0, 0.1) is 0 Å². The Morgan fingerprint density at radius 1 is 1.45 bits per heavy atom. The molecular formula is C9H16O2. The molecule has 0 atom stereocenters. The van der Waals surface area contributed by atoms with E-state index in [-0.39, 0.29) is 5.97 Å². The Kier molecular flexibility index (Phi) is 5.53. The Morgan fingerprint density at radius 3 is 2.45 bits per heavy atom. The Labute approximate surface area is 68.2 Å². The molecule has 0 rings (SSSR count). The van der Waals surface area contributed by atoms with Crippen LogP contribution >= 0.6 is 0 Å². The van der Waals surface area contributed by atoms with Gasteiger partial charge >= 0.3 is 5.97 Å². The molecule has 0 saturated heterocycles. The SMILES string of the molecule is CCCC=C(CC)C(=O)OC. The Bertz CT molecular complexity index is 148. The molecule has 64 valence electrons. The second kappa shape index (κ2) is 5.96.